The van der Waals surface area contributed by atoms with E-state index in [9.17, 15) is 4.79 Å². The molecule has 1 saturated heterocycles. The molecule has 1 fully saturated rings. The van der Waals surface area contributed by atoms with E-state index in [0.29, 0.717) is 13.2 Å². The lowest BCUT2D eigenvalue weighted by Gasteiger charge is -2.19. The Hall–Kier alpha value is -2.34. The SMILES string of the molecule is Cc1nccn1CC(C)C(=O)Nc1ccc(OCCN2CCCCCC2)cc1. The number of amides is 1. The Morgan fingerprint density at radius 2 is 1.89 bits per heavy atom. The van der Waals surface area contributed by atoms with Crippen LogP contribution in [0.1, 0.15) is 38.4 Å². The summed E-state index contributed by atoms with van der Waals surface area (Å²) in [7, 11) is 0. The highest BCUT2D eigenvalue weighted by atomic mass is 16.5. The van der Waals surface area contributed by atoms with Gasteiger partial charge in [-0.1, -0.05) is 19.8 Å². The smallest absolute Gasteiger partial charge is 0.229 e. The van der Waals surface area contributed by atoms with Gasteiger partial charge >= 0.3 is 0 Å². The Balaban J connectivity index is 1.42. The highest BCUT2D eigenvalue weighted by Gasteiger charge is 2.15. The van der Waals surface area contributed by atoms with Crippen LogP contribution in [-0.2, 0) is 11.3 Å². The van der Waals surface area contributed by atoms with Gasteiger partial charge in [-0.3, -0.25) is 9.69 Å². The molecule has 0 aliphatic carbocycles. The predicted molar refractivity (Wildman–Crippen MR) is 112 cm³/mol. The number of carbonyl (C=O) groups is 1. The molecule has 1 aliphatic heterocycles. The largest absolute Gasteiger partial charge is 0.492 e. The molecule has 0 saturated carbocycles. The van der Waals surface area contributed by atoms with Crippen LogP contribution in [0.4, 0.5) is 5.69 Å². The zero-order valence-electron chi connectivity index (χ0n) is 17.1. The Labute approximate surface area is 167 Å². The van der Waals surface area contributed by atoms with Crippen LogP contribution in [0, 0.1) is 12.8 Å². The summed E-state index contributed by atoms with van der Waals surface area (Å²) in [5.74, 6) is 1.62. The fourth-order valence-corrected chi connectivity index (χ4v) is 3.53. The number of aryl methyl sites for hydroxylation is 1. The average molecular weight is 385 g/mol. The summed E-state index contributed by atoms with van der Waals surface area (Å²) in [6, 6.07) is 7.63. The van der Waals surface area contributed by atoms with Gasteiger partial charge in [-0.05, 0) is 57.1 Å². The number of carbonyl (C=O) groups excluding carboxylic acids is 1. The van der Waals surface area contributed by atoms with E-state index in [0.717, 1.165) is 23.8 Å². The van der Waals surface area contributed by atoms with Crippen molar-refractivity contribution in [1.29, 1.82) is 0 Å². The monoisotopic (exact) mass is 384 g/mol. The summed E-state index contributed by atoms with van der Waals surface area (Å²) in [5.41, 5.74) is 0.791. The number of anilines is 1. The molecule has 1 aromatic heterocycles. The van der Waals surface area contributed by atoms with Crippen LogP contribution in [0.25, 0.3) is 0 Å². The van der Waals surface area contributed by atoms with Crippen molar-refractivity contribution >= 4 is 11.6 Å². The Bertz CT molecular complexity index is 733. The van der Waals surface area contributed by atoms with Gasteiger partial charge in [0.2, 0.25) is 5.91 Å². The molecule has 0 spiro atoms. The topological polar surface area (TPSA) is 59.4 Å². The fraction of sp³-hybridized carbons (Fsp3) is 0.545. The van der Waals surface area contributed by atoms with E-state index >= 15 is 0 Å². The third-order valence-corrected chi connectivity index (χ3v) is 5.34. The lowest BCUT2D eigenvalue weighted by atomic mass is 10.1. The maximum absolute atomic E-state index is 12.4. The quantitative estimate of drug-likeness (QED) is 0.754. The lowest BCUT2D eigenvalue weighted by molar-refractivity contribution is -0.119. The molecule has 2 aromatic rings. The molecule has 152 valence electrons. The zero-order valence-corrected chi connectivity index (χ0v) is 17.1. The first kappa shape index (κ1) is 20.4. The molecule has 2 heterocycles. The first-order valence-electron chi connectivity index (χ1n) is 10.4. The minimum Gasteiger partial charge on any atom is -0.492 e. The van der Waals surface area contributed by atoms with Crippen molar-refractivity contribution in [2.24, 2.45) is 5.92 Å². The second-order valence-corrected chi connectivity index (χ2v) is 7.65. The van der Waals surface area contributed by atoms with Gasteiger partial charge in [0.05, 0.1) is 5.92 Å². The number of ether oxygens (including phenoxy) is 1. The predicted octanol–water partition coefficient (Wildman–Crippen LogP) is 3.72. The summed E-state index contributed by atoms with van der Waals surface area (Å²) < 4.78 is 7.87. The van der Waals surface area contributed by atoms with Gasteiger partial charge in [0.25, 0.3) is 0 Å². The summed E-state index contributed by atoms with van der Waals surface area (Å²) in [6.07, 6.45) is 8.96. The van der Waals surface area contributed by atoms with Gasteiger partial charge in [-0.2, -0.15) is 0 Å². The second-order valence-electron chi connectivity index (χ2n) is 7.65. The third kappa shape index (κ3) is 6.09. The minimum atomic E-state index is -0.141. The normalized spacial score (nSPS) is 16.4. The molecular formula is C22H32N4O2. The summed E-state index contributed by atoms with van der Waals surface area (Å²) in [5, 5.41) is 2.98. The van der Waals surface area contributed by atoms with Gasteiger partial charge in [0.15, 0.2) is 0 Å². The molecular weight excluding hydrogens is 352 g/mol. The summed E-state index contributed by atoms with van der Waals surface area (Å²) in [6.45, 7) is 8.54. The second kappa shape index (κ2) is 10.3. The van der Waals surface area contributed by atoms with Gasteiger partial charge in [0, 0.05) is 31.2 Å². The lowest BCUT2D eigenvalue weighted by Crippen LogP contribution is -2.29. The Kier molecular flexibility index (Phi) is 7.48. The molecule has 0 radical (unpaired) electrons. The van der Waals surface area contributed by atoms with Gasteiger partial charge < -0.3 is 14.6 Å². The molecule has 28 heavy (non-hydrogen) atoms. The van der Waals surface area contributed by atoms with Crippen LogP contribution >= 0.6 is 0 Å². The zero-order chi connectivity index (χ0) is 19.8. The molecule has 6 heteroatoms. The number of hydrogen-bond donors (Lipinski definition) is 1. The fourth-order valence-electron chi connectivity index (χ4n) is 3.53. The Morgan fingerprint density at radius 3 is 2.54 bits per heavy atom. The Morgan fingerprint density at radius 1 is 1.18 bits per heavy atom. The van der Waals surface area contributed by atoms with Crippen LogP contribution < -0.4 is 10.1 Å². The molecule has 1 aliphatic rings. The van der Waals surface area contributed by atoms with Crippen LogP contribution in [0.2, 0.25) is 0 Å². The molecule has 0 bridgehead atoms. The van der Waals surface area contributed by atoms with Crippen molar-refractivity contribution in [3.8, 4) is 5.75 Å². The number of hydrogen-bond acceptors (Lipinski definition) is 4. The summed E-state index contributed by atoms with van der Waals surface area (Å²) >= 11 is 0. The number of imidazole rings is 1. The first-order valence-corrected chi connectivity index (χ1v) is 10.4. The molecule has 1 atom stereocenters. The molecule has 1 N–H and O–H groups in total. The van der Waals surface area contributed by atoms with Crippen LogP contribution in [0.5, 0.6) is 5.75 Å². The minimum absolute atomic E-state index is 0.00271. The van der Waals surface area contributed by atoms with E-state index in [2.05, 4.69) is 15.2 Å². The van der Waals surface area contributed by atoms with Crippen molar-refractivity contribution in [2.45, 2.75) is 46.1 Å². The van der Waals surface area contributed by atoms with Gasteiger partial charge in [0.1, 0.15) is 18.2 Å². The van der Waals surface area contributed by atoms with E-state index in [1.807, 2.05) is 48.9 Å². The van der Waals surface area contributed by atoms with Crippen molar-refractivity contribution < 1.29 is 9.53 Å². The number of benzene rings is 1. The third-order valence-electron chi connectivity index (χ3n) is 5.34. The molecule has 6 nitrogen and oxygen atoms in total. The highest BCUT2D eigenvalue weighted by Crippen LogP contribution is 2.17. The van der Waals surface area contributed by atoms with E-state index in [1.54, 1.807) is 6.20 Å². The van der Waals surface area contributed by atoms with E-state index in [1.165, 1.54) is 38.8 Å². The van der Waals surface area contributed by atoms with Crippen molar-refractivity contribution in [2.75, 3.05) is 31.6 Å². The van der Waals surface area contributed by atoms with Crippen molar-refractivity contribution in [1.82, 2.24) is 14.5 Å². The maximum atomic E-state index is 12.4. The number of aromatic nitrogens is 2. The first-order chi connectivity index (χ1) is 13.6. The van der Waals surface area contributed by atoms with Gasteiger partial charge in [-0.15, -0.1) is 0 Å². The van der Waals surface area contributed by atoms with Crippen molar-refractivity contribution in [3.05, 3.63) is 42.5 Å². The van der Waals surface area contributed by atoms with Crippen LogP contribution in [0.3, 0.4) is 0 Å². The summed E-state index contributed by atoms with van der Waals surface area (Å²) in [4.78, 5) is 19.1. The number of likely N-dealkylation sites (tertiary alicyclic amines) is 1. The molecule has 1 unspecified atom stereocenters. The molecule has 1 aromatic carbocycles. The van der Waals surface area contributed by atoms with E-state index in [4.69, 9.17) is 4.74 Å². The van der Waals surface area contributed by atoms with Gasteiger partial charge in [-0.25, -0.2) is 4.98 Å². The van der Waals surface area contributed by atoms with Crippen LogP contribution in [-0.4, -0.2) is 46.6 Å². The average Bonchev–Trinajstić information content (AvgIpc) is 2.93. The van der Waals surface area contributed by atoms with Crippen molar-refractivity contribution in [3.63, 3.8) is 0 Å². The van der Waals surface area contributed by atoms with Crippen LogP contribution in [0.15, 0.2) is 36.7 Å². The number of rotatable bonds is 8. The maximum Gasteiger partial charge on any atom is 0.229 e. The molecule has 1 amide bonds. The number of nitrogens with one attached hydrogen (secondary N) is 1. The standard InChI is InChI=1S/C22H32N4O2/c1-18(17-26-14-11-23-19(26)2)22(27)24-20-7-9-21(10-8-20)28-16-15-25-12-5-3-4-6-13-25/h7-11,14,18H,3-6,12-13,15-17H2,1-2H3,(H,24,27). The molecule has 3 rings (SSSR count). The highest BCUT2D eigenvalue weighted by molar-refractivity contribution is 5.92. The number of nitrogens with zero attached hydrogens (tertiary/aromatic N) is 3. The van der Waals surface area contributed by atoms with E-state index < -0.39 is 0 Å². The van der Waals surface area contributed by atoms with E-state index in [-0.39, 0.29) is 11.8 Å².